The first-order valence-electron chi connectivity index (χ1n) is 13.1. The molecule has 0 aromatic carbocycles. The number of aldehydes is 1. The highest BCUT2D eigenvalue weighted by Gasteiger charge is 2.29. The van der Waals surface area contributed by atoms with Crippen LogP contribution in [0, 0.1) is 11.3 Å². The molecule has 2 fully saturated rings. The van der Waals surface area contributed by atoms with Crippen LogP contribution in [0.5, 0.6) is 0 Å². The molecule has 1 saturated carbocycles. The smallest absolute Gasteiger partial charge is 0.328 e. The van der Waals surface area contributed by atoms with Crippen molar-refractivity contribution < 1.29 is 23.9 Å². The van der Waals surface area contributed by atoms with Gasteiger partial charge in [-0.3, -0.25) is 19.8 Å². The number of pyridine rings is 2. The van der Waals surface area contributed by atoms with Crippen LogP contribution in [0.1, 0.15) is 52.9 Å². The number of fused-ring (bicyclic) bond motifs is 1. The zero-order valence-electron chi connectivity index (χ0n) is 21.8. The fraction of sp³-hybridized carbons (Fsp3) is 0.481. The topological polar surface area (TPSA) is 150 Å². The van der Waals surface area contributed by atoms with E-state index < -0.39 is 6.03 Å². The maximum atomic E-state index is 13.4. The van der Waals surface area contributed by atoms with E-state index in [1.54, 1.807) is 18.1 Å². The van der Waals surface area contributed by atoms with Gasteiger partial charge in [0, 0.05) is 44.6 Å². The lowest BCUT2D eigenvalue weighted by Gasteiger charge is -2.31. The van der Waals surface area contributed by atoms with Gasteiger partial charge in [-0.05, 0) is 43.7 Å². The molecule has 1 aliphatic carbocycles. The van der Waals surface area contributed by atoms with Gasteiger partial charge in [0.25, 0.3) is 0 Å². The molecule has 1 saturated heterocycles. The fourth-order valence-corrected chi connectivity index (χ4v) is 5.39. The van der Waals surface area contributed by atoms with Crippen molar-refractivity contribution in [2.75, 3.05) is 48.9 Å². The Hall–Kier alpha value is -4.08. The number of aryl methyl sites for hydroxylation is 1. The summed E-state index contributed by atoms with van der Waals surface area (Å²) in [4.78, 5) is 49.4. The third-order valence-electron chi connectivity index (χ3n) is 7.43. The number of methoxy groups -OCH3 is 1. The first-order chi connectivity index (χ1) is 19.0. The number of morpholine rings is 1. The number of carbonyl (C=O) groups is 3. The molecule has 5 rings (SSSR count). The molecule has 2 N–H and O–H groups in total. The van der Waals surface area contributed by atoms with E-state index in [-0.39, 0.29) is 36.9 Å². The van der Waals surface area contributed by atoms with Crippen molar-refractivity contribution in [2.45, 2.75) is 50.8 Å². The second-order valence-electron chi connectivity index (χ2n) is 9.87. The van der Waals surface area contributed by atoms with Gasteiger partial charge in [-0.15, -0.1) is 0 Å². The molecule has 12 heteroatoms. The van der Waals surface area contributed by atoms with Gasteiger partial charge in [0.15, 0.2) is 6.29 Å². The molecular formula is C27H31N7O5. The number of anilines is 3. The number of nitriles is 1. The molecule has 0 radical (unpaired) electrons. The van der Waals surface area contributed by atoms with E-state index in [0.29, 0.717) is 67.3 Å². The number of hydrogen-bond acceptors (Lipinski definition) is 9. The van der Waals surface area contributed by atoms with Gasteiger partial charge in [-0.25, -0.2) is 14.8 Å². The monoisotopic (exact) mass is 533 g/mol. The van der Waals surface area contributed by atoms with E-state index >= 15 is 0 Å². The largest absolute Gasteiger partial charge is 0.379 e. The van der Waals surface area contributed by atoms with Crippen LogP contribution in [0.3, 0.4) is 0 Å². The highest BCUT2D eigenvalue weighted by atomic mass is 16.5. The van der Waals surface area contributed by atoms with Gasteiger partial charge in [0.1, 0.15) is 30.0 Å². The van der Waals surface area contributed by atoms with Gasteiger partial charge in [0.2, 0.25) is 5.91 Å². The Bertz CT molecular complexity index is 1310. The van der Waals surface area contributed by atoms with Crippen LogP contribution in [0.2, 0.25) is 0 Å². The van der Waals surface area contributed by atoms with Gasteiger partial charge in [0.05, 0.1) is 30.0 Å². The number of aromatic nitrogens is 2. The molecule has 2 aliphatic heterocycles. The summed E-state index contributed by atoms with van der Waals surface area (Å²) in [6.45, 7) is 1.60. The number of hydrogen-bond donors (Lipinski definition) is 2. The van der Waals surface area contributed by atoms with Crippen LogP contribution in [0.15, 0.2) is 18.3 Å². The lowest BCUT2D eigenvalue weighted by atomic mass is 10.0. The Morgan fingerprint density at radius 3 is 2.95 bits per heavy atom. The summed E-state index contributed by atoms with van der Waals surface area (Å²) in [6.07, 6.45) is 6.44. The van der Waals surface area contributed by atoms with Crippen LogP contribution < -0.4 is 15.5 Å². The molecule has 2 aromatic rings. The number of ether oxygens (including phenoxy) is 2. The molecule has 3 amide bonds. The Labute approximate surface area is 226 Å². The van der Waals surface area contributed by atoms with E-state index in [1.165, 1.54) is 11.1 Å². The first-order valence-corrected chi connectivity index (χ1v) is 13.1. The van der Waals surface area contributed by atoms with Gasteiger partial charge >= 0.3 is 6.03 Å². The van der Waals surface area contributed by atoms with Crippen molar-refractivity contribution in [3.05, 3.63) is 40.7 Å². The second kappa shape index (κ2) is 11.8. The zero-order valence-corrected chi connectivity index (χ0v) is 21.8. The standard InChI is InChI=1S/C27H31N7O5/c1-38-23-6-2-5-20(23)30-21-11-24(29-13-19(21)12-28)32-27(37)34-7-3-4-17-10-18(22(15-35)31-26(17)34)14-33-8-9-39-16-25(33)36/h10-11,13,15,20,23H,2-9,14,16H2,1H3,(H2,29,30,32,37)/t20-,23+/m0/s1. The fourth-order valence-electron chi connectivity index (χ4n) is 5.39. The summed E-state index contributed by atoms with van der Waals surface area (Å²) in [6, 6.07) is 5.29. The highest BCUT2D eigenvalue weighted by Crippen LogP contribution is 2.30. The minimum absolute atomic E-state index is 0.0248. The van der Waals surface area contributed by atoms with Crippen molar-refractivity contribution in [3.63, 3.8) is 0 Å². The van der Waals surface area contributed by atoms with Crippen LogP contribution >= 0.6 is 0 Å². The molecule has 39 heavy (non-hydrogen) atoms. The van der Waals surface area contributed by atoms with Crippen molar-refractivity contribution >= 4 is 35.5 Å². The van der Waals surface area contributed by atoms with Crippen LogP contribution in [-0.2, 0) is 27.2 Å². The molecule has 204 valence electrons. The molecule has 0 unspecified atom stereocenters. The van der Waals surface area contributed by atoms with E-state index in [2.05, 4.69) is 26.7 Å². The first kappa shape index (κ1) is 26.5. The summed E-state index contributed by atoms with van der Waals surface area (Å²) in [5.41, 5.74) is 2.63. The van der Waals surface area contributed by atoms with E-state index in [0.717, 1.165) is 24.8 Å². The molecule has 0 spiro atoms. The highest BCUT2D eigenvalue weighted by molar-refractivity contribution is 6.02. The SMILES string of the molecule is CO[C@@H]1CCC[C@@H]1Nc1cc(NC(=O)N2CCCc3cc(CN4CCOCC4=O)c(C=O)nc32)ncc1C#N. The second-order valence-corrected chi connectivity index (χ2v) is 9.87. The van der Waals surface area contributed by atoms with Gasteiger partial charge in [-0.2, -0.15) is 5.26 Å². The van der Waals surface area contributed by atoms with Crippen molar-refractivity contribution in [1.29, 1.82) is 5.26 Å². The van der Waals surface area contributed by atoms with Gasteiger partial charge < -0.3 is 19.7 Å². The summed E-state index contributed by atoms with van der Waals surface area (Å²) >= 11 is 0. The number of rotatable bonds is 7. The number of nitrogens with one attached hydrogen (secondary N) is 2. The lowest BCUT2D eigenvalue weighted by molar-refractivity contribution is -0.143. The average molecular weight is 534 g/mol. The number of nitrogens with zero attached hydrogens (tertiary/aromatic N) is 5. The Morgan fingerprint density at radius 1 is 1.31 bits per heavy atom. The van der Waals surface area contributed by atoms with E-state index in [9.17, 15) is 19.6 Å². The quantitative estimate of drug-likeness (QED) is 0.512. The zero-order chi connectivity index (χ0) is 27.4. The maximum Gasteiger partial charge on any atom is 0.328 e. The van der Waals surface area contributed by atoms with Crippen molar-refractivity contribution in [1.82, 2.24) is 14.9 Å². The van der Waals surface area contributed by atoms with Crippen molar-refractivity contribution in [2.24, 2.45) is 0 Å². The Kier molecular flexibility index (Phi) is 7.99. The molecule has 4 heterocycles. The lowest BCUT2D eigenvalue weighted by Crippen LogP contribution is -2.42. The molecule has 2 aromatic heterocycles. The molecule has 12 nitrogen and oxygen atoms in total. The minimum Gasteiger partial charge on any atom is -0.379 e. The summed E-state index contributed by atoms with van der Waals surface area (Å²) in [7, 11) is 1.68. The average Bonchev–Trinajstić information content (AvgIpc) is 3.40. The van der Waals surface area contributed by atoms with E-state index in [4.69, 9.17) is 9.47 Å². The number of urea groups is 1. The maximum absolute atomic E-state index is 13.4. The van der Waals surface area contributed by atoms with Crippen LogP contribution in [-0.4, -0.2) is 78.7 Å². The number of carbonyl (C=O) groups excluding carboxylic acids is 3. The van der Waals surface area contributed by atoms with Crippen molar-refractivity contribution in [3.8, 4) is 6.07 Å². The summed E-state index contributed by atoms with van der Waals surface area (Å²) in [5, 5.41) is 15.8. The van der Waals surface area contributed by atoms with Crippen LogP contribution in [0.25, 0.3) is 0 Å². The minimum atomic E-state index is -0.435. The number of amides is 3. The third-order valence-corrected chi connectivity index (χ3v) is 7.43. The molecule has 2 atom stereocenters. The van der Waals surface area contributed by atoms with Crippen LogP contribution in [0.4, 0.5) is 22.1 Å². The summed E-state index contributed by atoms with van der Waals surface area (Å²) < 4.78 is 10.7. The molecular weight excluding hydrogens is 502 g/mol. The normalized spacial score (nSPS) is 20.8. The Balaban J connectivity index is 1.35. The predicted octanol–water partition coefficient (Wildman–Crippen LogP) is 2.48. The third kappa shape index (κ3) is 5.69. The summed E-state index contributed by atoms with van der Waals surface area (Å²) in [5.74, 6) is 0.573. The predicted molar refractivity (Wildman–Crippen MR) is 142 cm³/mol. The molecule has 0 bridgehead atoms. The van der Waals surface area contributed by atoms with E-state index in [1.807, 2.05) is 6.07 Å². The molecule has 3 aliphatic rings. The Morgan fingerprint density at radius 2 is 2.18 bits per heavy atom. The van der Waals surface area contributed by atoms with Gasteiger partial charge in [-0.1, -0.05) is 0 Å².